The van der Waals surface area contributed by atoms with Gasteiger partial charge in [-0.3, -0.25) is 0 Å². The van der Waals surface area contributed by atoms with Crippen LogP contribution in [-0.2, 0) is 11.2 Å². The van der Waals surface area contributed by atoms with Crippen LogP contribution in [0.15, 0.2) is 30.3 Å². The summed E-state index contributed by atoms with van der Waals surface area (Å²) >= 11 is 0. The fourth-order valence-corrected chi connectivity index (χ4v) is 2.06. The van der Waals surface area contributed by atoms with Crippen molar-refractivity contribution in [1.82, 2.24) is 10.6 Å². The van der Waals surface area contributed by atoms with Crippen molar-refractivity contribution in [1.29, 1.82) is 0 Å². The van der Waals surface area contributed by atoms with Crippen LogP contribution in [0.25, 0.3) is 0 Å². The third kappa shape index (κ3) is 6.79. The molecule has 0 aliphatic carbocycles. The molecule has 0 aliphatic rings. The van der Waals surface area contributed by atoms with E-state index in [1.54, 1.807) is 0 Å². The summed E-state index contributed by atoms with van der Waals surface area (Å²) in [6.07, 6.45) is 3.26. The summed E-state index contributed by atoms with van der Waals surface area (Å²) in [6.45, 7) is 4.01. The molecule has 0 radical (unpaired) electrons. The molecule has 1 aromatic carbocycles. The van der Waals surface area contributed by atoms with Gasteiger partial charge in [0.25, 0.3) is 0 Å². The summed E-state index contributed by atoms with van der Waals surface area (Å²) in [5, 5.41) is 14.5. The van der Waals surface area contributed by atoms with Crippen molar-refractivity contribution in [3.63, 3.8) is 0 Å². The number of amides is 2. The van der Waals surface area contributed by atoms with Gasteiger partial charge in [0.1, 0.15) is 6.04 Å². The topological polar surface area (TPSA) is 78.4 Å². The Balaban J connectivity index is 2.50. The summed E-state index contributed by atoms with van der Waals surface area (Å²) in [4.78, 5) is 23.1. The van der Waals surface area contributed by atoms with E-state index in [1.165, 1.54) is 0 Å². The monoisotopic (exact) mass is 292 g/mol. The number of hydrogen-bond acceptors (Lipinski definition) is 2. The summed E-state index contributed by atoms with van der Waals surface area (Å²) in [5.74, 6) is -1.03. The van der Waals surface area contributed by atoms with Crippen LogP contribution in [0.3, 0.4) is 0 Å². The van der Waals surface area contributed by atoms with Crippen LogP contribution < -0.4 is 10.6 Å². The molecule has 116 valence electrons. The van der Waals surface area contributed by atoms with E-state index in [9.17, 15) is 14.7 Å². The molecule has 0 aromatic heterocycles. The number of hydrogen-bond donors (Lipinski definition) is 3. The second kappa shape index (κ2) is 9.00. The summed E-state index contributed by atoms with van der Waals surface area (Å²) in [6, 6.07) is 7.94. The second-order valence-electron chi connectivity index (χ2n) is 5.24. The van der Waals surface area contributed by atoms with Crippen LogP contribution in [0, 0.1) is 0 Å². The third-order valence-electron chi connectivity index (χ3n) is 3.25. The molecule has 0 aliphatic heterocycles. The van der Waals surface area contributed by atoms with Gasteiger partial charge in [-0.2, -0.15) is 0 Å². The van der Waals surface area contributed by atoms with Crippen LogP contribution in [0.4, 0.5) is 4.79 Å². The molecule has 1 aromatic rings. The Kier molecular flexibility index (Phi) is 7.29. The number of benzene rings is 1. The maximum Gasteiger partial charge on any atom is 0.326 e. The molecule has 0 bridgehead atoms. The van der Waals surface area contributed by atoms with Gasteiger partial charge >= 0.3 is 12.0 Å². The average Bonchev–Trinajstić information content (AvgIpc) is 2.45. The number of nitrogens with one attached hydrogen (secondary N) is 2. The number of carboxylic acids is 1. The molecule has 2 unspecified atom stereocenters. The predicted molar refractivity (Wildman–Crippen MR) is 82.2 cm³/mol. The quantitative estimate of drug-likeness (QED) is 0.689. The fourth-order valence-electron chi connectivity index (χ4n) is 2.06. The standard InChI is InChI=1S/C16H24N2O3/c1-3-4-8-12(2)17-16(21)18-14(15(19)20)11-13-9-6-5-7-10-13/h5-7,9-10,12,14H,3-4,8,11H2,1-2H3,(H,19,20)(H2,17,18,21). The van der Waals surface area contributed by atoms with E-state index >= 15 is 0 Å². The number of urea groups is 1. The number of carboxylic acid groups (broad SMARTS) is 1. The van der Waals surface area contributed by atoms with Gasteiger partial charge in [0, 0.05) is 12.5 Å². The molecular formula is C16H24N2O3. The van der Waals surface area contributed by atoms with Crippen molar-refractivity contribution in [2.24, 2.45) is 0 Å². The Bertz CT molecular complexity index is 448. The molecule has 0 saturated heterocycles. The zero-order valence-electron chi connectivity index (χ0n) is 12.6. The van der Waals surface area contributed by atoms with Crippen LogP contribution >= 0.6 is 0 Å². The Morgan fingerprint density at radius 2 is 1.86 bits per heavy atom. The summed E-state index contributed by atoms with van der Waals surface area (Å²) < 4.78 is 0. The van der Waals surface area contributed by atoms with E-state index in [0.717, 1.165) is 24.8 Å². The molecule has 21 heavy (non-hydrogen) atoms. The Morgan fingerprint density at radius 1 is 1.19 bits per heavy atom. The highest BCUT2D eigenvalue weighted by Gasteiger charge is 2.20. The normalized spacial score (nSPS) is 13.2. The lowest BCUT2D eigenvalue weighted by Crippen LogP contribution is -2.49. The smallest absolute Gasteiger partial charge is 0.326 e. The van der Waals surface area contributed by atoms with E-state index in [0.29, 0.717) is 0 Å². The van der Waals surface area contributed by atoms with E-state index in [-0.39, 0.29) is 12.5 Å². The number of rotatable bonds is 8. The Hall–Kier alpha value is -2.04. The second-order valence-corrected chi connectivity index (χ2v) is 5.24. The molecular weight excluding hydrogens is 268 g/mol. The van der Waals surface area contributed by atoms with Gasteiger partial charge in [-0.05, 0) is 18.9 Å². The van der Waals surface area contributed by atoms with Gasteiger partial charge in [0.05, 0.1) is 0 Å². The highest BCUT2D eigenvalue weighted by atomic mass is 16.4. The molecule has 3 N–H and O–H groups in total. The van der Waals surface area contributed by atoms with Gasteiger partial charge in [-0.1, -0.05) is 50.1 Å². The van der Waals surface area contributed by atoms with Crippen LogP contribution in [-0.4, -0.2) is 29.2 Å². The predicted octanol–water partition coefficient (Wildman–Crippen LogP) is 2.56. The summed E-state index contributed by atoms with van der Waals surface area (Å²) in [7, 11) is 0. The van der Waals surface area contributed by atoms with Crippen LogP contribution in [0.2, 0.25) is 0 Å². The molecule has 0 saturated carbocycles. The van der Waals surface area contributed by atoms with Gasteiger partial charge in [-0.15, -0.1) is 0 Å². The minimum absolute atomic E-state index is 0.0381. The lowest BCUT2D eigenvalue weighted by Gasteiger charge is -2.18. The van der Waals surface area contributed by atoms with Gasteiger partial charge in [0.2, 0.25) is 0 Å². The van der Waals surface area contributed by atoms with Crippen molar-refractivity contribution >= 4 is 12.0 Å². The molecule has 1 rings (SSSR count). The van der Waals surface area contributed by atoms with Crippen LogP contribution in [0.5, 0.6) is 0 Å². The van der Waals surface area contributed by atoms with Crippen molar-refractivity contribution in [3.05, 3.63) is 35.9 Å². The maximum atomic E-state index is 11.8. The largest absolute Gasteiger partial charge is 0.480 e. The molecule has 0 spiro atoms. The molecule has 5 nitrogen and oxygen atoms in total. The minimum Gasteiger partial charge on any atom is -0.480 e. The molecule has 2 atom stereocenters. The average molecular weight is 292 g/mol. The van der Waals surface area contributed by atoms with Gasteiger partial charge in [0.15, 0.2) is 0 Å². The first kappa shape index (κ1) is 17.0. The van der Waals surface area contributed by atoms with Crippen LogP contribution in [0.1, 0.15) is 38.7 Å². The van der Waals surface area contributed by atoms with Crippen molar-refractivity contribution < 1.29 is 14.7 Å². The SMILES string of the molecule is CCCCC(C)NC(=O)NC(Cc1ccccc1)C(=O)O. The molecule has 2 amide bonds. The number of carbonyl (C=O) groups excluding carboxylic acids is 1. The Morgan fingerprint density at radius 3 is 2.43 bits per heavy atom. The first-order chi connectivity index (χ1) is 10.0. The first-order valence-corrected chi connectivity index (χ1v) is 7.36. The molecule has 5 heteroatoms. The van der Waals surface area contributed by atoms with Gasteiger partial charge < -0.3 is 15.7 Å². The zero-order chi connectivity index (χ0) is 15.7. The zero-order valence-corrected chi connectivity index (χ0v) is 12.6. The number of aliphatic carboxylic acids is 1. The Labute approximate surface area is 125 Å². The number of unbranched alkanes of at least 4 members (excludes halogenated alkanes) is 1. The molecule has 0 heterocycles. The highest BCUT2D eigenvalue weighted by molar-refractivity contribution is 5.82. The summed E-state index contributed by atoms with van der Waals surface area (Å²) in [5.41, 5.74) is 0.879. The van der Waals surface area contributed by atoms with E-state index in [4.69, 9.17) is 0 Å². The van der Waals surface area contributed by atoms with E-state index in [1.807, 2.05) is 37.3 Å². The van der Waals surface area contributed by atoms with E-state index < -0.39 is 18.0 Å². The van der Waals surface area contributed by atoms with Gasteiger partial charge in [-0.25, -0.2) is 9.59 Å². The third-order valence-corrected chi connectivity index (χ3v) is 3.25. The fraction of sp³-hybridized carbons (Fsp3) is 0.500. The lowest BCUT2D eigenvalue weighted by atomic mass is 10.1. The maximum absolute atomic E-state index is 11.8. The number of carbonyl (C=O) groups is 2. The molecule has 0 fully saturated rings. The highest BCUT2D eigenvalue weighted by Crippen LogP contribution is 2.04. The minimum atomic E-state index is -1.03. The van der Waals surface area contributed by atoms with Crippen molar-refractivity contribution in [2.45, 2.75) is 51.6 Å². The lowest BCUT2D eigenvalue weighted by molar-refractivity contribution is -0.139. The van der Waals surface area contributed by atoms with Crippen molar-refractivity contribution in [2.75, 3.05) is 0 Å². The first-order valence-electron chi connectivity index (χ1n) is 7.36. The van der Waals surface area contributed by atoms with E-state index in [2.05, 4.69) is 17.6 Å². The van der Waals surface area contributed by atoms with Crippen molar-refractivity contribution in [3.8, 4) is 0 Å².